The van der Waals surface area contributed by atoms with E-state index in [1.165, 1.54) is 0 Å². The maximum Gasteiger partial charge on any atom is 0.410 e. The van der Waals surface area contributed by atoms with Crippen molar-refractivity contribution in [3.63, 3.8) is 0 Å². The zero-order valence-corrected chi connectivity index (χ0v) is 13.4. The van der Waals surface area contributed by atoms with Gasteiger partial charge in [0.05, 0.1) is 10.0 Å². The van der Waals surface area contributed by atoms with Crippen molar-refractivity contribution in [2.24, 2.45) is 0 Å². The van der Waals surface area contributed by atoms with Crippen molar-refractivity contribution in [2.75, 3.05) is 5.32 Å². The van der Waals surface area contributed by atoms with Crippen molar-refractivity contribution in [1.82, 2.24) is 15.0 Å². The highest BCUT2D eigenvalue weighted by Crippen LogP contribution is 2.39. The highest BCUT2D eigenvalue weighted by molar-refractivity contribution is 6.39. The normalized spacial score (nSPS) is 10.7. The molecule has 6 nitrogen and oxygen atoms in total. The van der Waals surface area contributed by atoms with Crippen LogP contribution >= 0.6 is 23.2 Å². The number of fused-ring (bicyclic) bond motifs is 1. The van der Waals surface area contributed by atoms with Crippen molar-refractivity contribution in [3.8, 4) is 11.1 Å². The van der Waals surface area contributed by atoms with E-state index in [1.54, 1.807) is 37.4 Å². The number of anilines is 1. The Balaban J connectivity index is 2.33. The molecule has 23 heavy (non-hydrogen) atoms. The number of rotatable bonds is 2. The summed E-state index contributed by atoms with van der Waals surface area (Å²) in [5, 5.41) is 12.7. The lowest BCUT2D eigenvalue weighted by Gasteiger charge is -2.13. The van der Waals surface area contributed by atoms with Crippen LogP contribution in [0.4, 0.5) is 10.6 Å². The molecule has 0 aliphatic carbocycles. The van der Waals surface area contributed by atoms with Crippen molar-refractivity contribution < 1.29 is 9.90 Å². The minimum absolute atomic E-state index is 0.109. The SMILES string of the molecule is Cc1ncc2cc(-c3c(Cl)cccc3Cl)c(NC(=O)O)nc2n1. The van der Waals surface area contributed by atoms with Gasteiger partial charge in [-0.25, -0.2) is 19.7 Å². The Bertz CT molecular complexity index is 910. The maximum atomic E-state index is 11.1. The van der Waals surface area contributed by atoms with Crippen LogP contribution in [0.3, 0.4) is 0 Å². The molecule has 0 spiro atoms. The van der Waals surface area contributed by atoms with Crippen molar-refractivity contribution >= 4 is 46.1 Å². The van der Waals surface area contributed by atoms with E-state index in [1.807, 2.05) is 0 Å². The molecule has 3 rings (SSSR count). The lowest BCUT2D eigenvalue weighted by molar-refractivity contribution is 0.209. The highest BCUT2D eigenvalue weighted by atomic mass is 35.5. The van der Waals surface area contributed by atoms with Gasteiger partial charge in [-0.3, -0.25) is 5.32 Å². The van der Waals surface area contributed by atoms with Gasteiger partial charge >= 0.3 is 6.09 Å². The first kappa shape index (κ1) is 15.5. The minimum atomic E-state index is -1.24. The van der Waals surface area contributed by atoms with Crippen LogP contribution in [0.5, 0.6) is 0 Å². The fraction of sp³-hybridized carbons (Fsp3) is 0.0667. The number of nitrogens with one attached hydrogen (secondary N) is 1. The fourth-order valence-electron chi connectivity index (χ4n) is 2.19. The van der Waals surface area contributed by atoms with E-state index in [0.717, 1.165) is 0 Å². The summed E-state index contributed by atoms with van der Waals surface area (Å²) < 4.78 is 0. The molecule has 0 aliphatic rings. The van der Waals surface area contributed by atoms with Crippen LogP contribution in [0, 0.1) is 6.92 Å². The predicted molar refractivity (Wildman–Crippen MR) is 89.2 cm³/mol. The quantitative estimate of drug-likeness (QED) is 0.716. The van der Waals surface area contributed by atoms with Crippen LogP contribution in [0.15, 0.2) is 30.5 Å². The lowest BCUT2D eigenvalue weighted by Crippen LogP contribution is -2.10. The standard InChI is InChI=1S/C15H10Cl2N4O2/c1-7-18-6-8-5-9(12-10(16)3-2-4-11(12)17)14(21-15(22)23)20-13(8)19-7/h2-6H,1H3,(H,22,23)(H,18,19,20,21). The summed E-state index contributed by atoms with van der Waals surface area (Å²) in [6.07, 6.45) is 0.371. The average Bonchev–Trinajstić information content (AvgIpc) is 2.47. The summed E-state index contributed by atoms with van der Waals surface area (Å²) in [6.45, 7) is 1.73. The molecule has 0 saturated heterocycles. The second-order valence-electron chi connectivity index (χ2n) is 4.74. The third-order valence-corrected chi connectivity index (χ3v) is 3.78. The predicted octanol–water partition coefficient (Wildman–Crippen LogP) is 4.40. The molecule has 1 aromatic carbocycles. The molecule has 3 aromatic rings. The largest absolute Gasteiger partial charge is 0.465 e. The van der Waals surface area contributed by atoms with Gasteiger partial charge in [-0.05, 0) is 25.1 Å². The van der Waals surface area contributed by atoms with E-state index in [2.05, 4.69) is 20.3 Å². The van der Waals surface area contributed by atoms with Gasteiger partial charge in [0.1, 0.15) is 11.6 Å². The lowest BCUT2D eigenvalue weighted by atomic mass is 10.0. The van der Waals surface area contributed by atoms with Gasteiger partial charge in [-0.15, -0.1) is 0 Å². The number of amides is 1. The van der Waals surface area contributed by atoms with Gasteiger partial charge in [0, 0.05) is 22.7 Å². The molecule has 2 heterocycles. The molecule has 0 fully saturated rings. The number of hydrogen-bond acceptors (Lipinski definition) is 4. The number of pyridine rings is 1. The third kappa shape index (κ3) is 3.04. The average molecular weight is 349 g/mol. The first-order chi connectivity index (χ1) is 11.0. The Kier molecular flexibility index (Phi) is 4.02. The molecule has 0 aliphatic heterocycles. The number of nitrogens with zero attached hydrogens (tertiary/aromatic N) is 3. The Hall–Kier alpha value is -2.44. The Morgan fingerprint density at radius 1 is 1.22 bits per heavy atom. The molecule has 1 amide bonds. The molecule has 0 unspecified atom stereocenters. The van der Waals surface area contributed by atoms with Crippen LogP contribution in [-0.2, 0) is 0 Å². The van der Waals surface area contributed by atoms with Gasteiger partial charge in [0.25, 0.3) is 0 Å². The molecule has 0 saturated carbocycles. The summed E-state index contributed by atoms with van der Waals surface area (Å²) in [7, 11) is 0. The van der Waals surface area contributed by atoms with E-state index in [4.69, 9.17) is 28.3 Å². The van der Waals surface area contributed by atoms with E-state index >= 15 is 0 Å². The highest BCUT2D eigenvalue weighted by Gasteiger charge is 2.17. The first-order valence-electron chi connectivity index (χ1n) is 6.54. The summed E-state index contributed by atoms with van der Waals surface area (Å²) >= 11 is 12.5. The van der Waals surface area contributed by atoms with Crippen LogP contribution in [0.2, 0.25) is 10.0 Å². The zero-order valence-electron chi connectivity index (χ0n) is 11.8. The van der Waals surface area contributed by atoms with Crippen molar-refractivity contribution in [1.29, 1.82) is 0 Å². The van der Waals surface area contributed by atoms with Gasteiger partial charge in [-0.1, -0.05) is 29.3 Å². The summed E-state index contributed by atoms with van der Waals surface area (Å²) in [5.41, 5.74) is 1.34. The number of carboxylic acid groups (broad SMARTS) is 1. The van der Waals surface area contributed by atoms with Crippen LogP contribution in [0.25, 0.3) is 22.2 Å². The van der Waals surface area contributed by atoms with Crippen LogP contribution in [0.1, 0.15) is 5.82 Å². The second kappa shape index (κ2) is 5.98. The van der Waals surface area contributed by atoms with E-state index in [0.29, 0.717) is 38.0 Å². The number of aromatic nitrogens is 3. The maximum absolute atomic E-state index is 11.1. The summed E-state index contributed by atoms with van der Waals surface area (Å²) in [5.74, 6) is 0.646. The monoisotopic (exact) mass is 348 g/mol. The zero-order chi connectivity index (χ0) is 16.6. The van der Waals surface area contributed by atoms with Gasteiger partial charge < -0.3 is 5.11 Å². The van der Waals surface area contributed by atoms with Crippen LogP contribution in [-0.4, -0.2) is 26.2 Å². The van der Waals surface area contributed by atoms with E-state index in [-0.39, 0.29) is 5.82 Å². The van der Waals surface area contributed by atoms with Crippen molar-refractivity contribution in [2.45, 2.75) is 6.92 Å². The molecule has 0 radical (unpaired) electrons. The molecule has 0 atom stereocenters. The van der Waals surface area contributed by atoms with Crippen LogP contribution < -0.4 is 5.32 Å². The van der Waals surface area contributed by atoms with Gasteiger partial charge in [0.2, 0.25) is 0 Å². The Labute approximate surface area is 141 Å². The summed E-state index contributed by atoms with van der Waals surface area (Å²) in [4.78, 5) is 23.7. The second-order valence-corrected chi connectivity index (χ2v) is 5.56. The molecule has 2 N–H and O–H groups in total. The van der Waals surface area contributed by atoms with Crippen molar-refractivity contribution in [3.05, 3.63) is 46.3 Å². The number of benzene rings is 1. The van der Waals surface area contributed by atoms with Gasteiger partial charge in [-0.2, -0.15) is 0 Å². The minimum Gasteiger partial charge on any atom is -0.465 e. The molecule has 8 heteroatoms. The molecular weight excluding hydrogens is 339 g/mol. The number of carbonyl (C=O) groups is 1. The molecule has 116 valence electrons. The Morgan fingerprint density at radius 2 is 1.91 bits per heavy atom. The molecule has 0 bridgehead atoms. The third-order valence-electron chi connectivity index (χ3n) is 3.15. The fourth-order valence-corrected chi connectivity index (χ4v) is 2.79. The topological polar surface area (TPSA) is 88.0 Å². The number of halogens is 2. The Morgan fingerprint density at radius 3 is 2.57 bits per heavy atom. The van der Waals surface area contributed by atoms with E-state index < -0.39 is 6.09 Å². The van der Waals surface area contributed by atoms with Gasteiger partial charge in [0.15, 0.2) is 5.65 Å². The first-order valence-corrected chi connectivity index (χ1v) is 7.30. The summed E-state index contributed by atoms with van der Waals surface area (Å²) in [6, 6.07) is 6.76. The number of hydrogen-bond donors (Lipinski definition) is 2. The molecular formula is C15H10Cl2N4O2. The number of aryl methyl sites for hydroxylation is 1. The molecule has 2 aromatic heterocycles. The van der Waals surface area contributed by atoms with E-state index in [9.17, 15) is 4.79 Å². The smallest absolute Gasteiger partial charge is 0.410 e.